The van der Waals surface area contributed by atoms with Gasteiger partial charge >= 0.3 is 0 Å². The molecule has 0 unspecified atom stereocenters. The van der Waals surface area contributed by atoms with Gasteiger partial charge < -0.3 is 9.47 Å². The summed E-state index contributed by atoms with van der Waals surface area (Å²) in [6, 6.07) is 2.12. The fourth-order valence-electron chi connectivity index (χ4n) is 2.74. The Morgan fingerprint density at radius 3 is 2.93 bits per heavy atom. The maximum Gasteiger partial charge on any atom is 0.255 e. The monoisotopic (exact) mass is 204 g/mol. The van der Waals surface area contributed by atoms with E-state index in [4.69, 9.17) is 0 Å². The topological polar surface area (TPSA) is 25.2 Å². The summed E-state index contributed by atoms with van der Waals surface area (Å²) in [6.07, 6.45) is 4.70. The molecule has 0 saturated carbocycles. The van der Waals surface area contributed by atoms with Crippen LogP contribution in [-0.4, -0.2) is 29.0 Å². The van der Waals surface area contributed by atoms with Crippen molar-refractivity contribution in [3.63, 3.8) is 0 Å². The molecular weight excluding hydrogens is 188 g/mol. The van der Waals surface area contributed by atoms with Gasteiger partial charge in [-0.15, -0.1) is 0 Å². The fraction of sp³-hybridized carbons (Fsp3) is 0.583. The Labute approximate surface area is 89.7 Å². The van der Waals surface area contributed by atoms with Crippen molar-refractivity contribution >= 4 is 5.91 Å². The predicted molar refractivity (Wildman–Crippen MR) is 58.0 cm³/mol. The van der Waals surface area contributed by atoms with Crippen LogP contribution in [0.4, 0.5) is 0 Å². The molecule has 80 valence electrons. The highest BCUT2D eigenvalue weighted by atomic mass is 16.2. The zero-order valence-corrected chi connectivity index (χ0v) is 9.12. The number of hydrogen-bond donors (Lipinski definition) is 0. The van der Waals surface area contributed by atoms with Gasteiger partial charge in [-0.1, -0.05) is 0 Å². The van der Waals surface area contributed by atoms with Crippen LogP contribution in [0.1, 0.15) is 34.6 Å². The van der Waals surface area contributed by atoms with Gasteiger partial charge in [-0.3, -0.25) is 4.79 Å². The normalized spacial score (nSPS) is 20.1. The molecule has 3 heterocycles. The zero-order chi connectivity index (χ0) is 10.4. The van der Waals surface area contributed by atoms with E-state index in [1.165, 1.54) is 24.2 Å². The van der Waals surface area contributed by atoms with Crippen LogP contribution < -0.4 is 0 Å². The molecule has 0 spiro atoms. The molecule has 1 aromatic heterocycles. The van der Waals surface area contributed by atoms with E-state index in [-0.39, 0.29) is 5.91 Å². The SMILES string of the molecule is CN1CCc2c(cc3n2CCCC3)C1=O. The predicted octanol–water partition coefficient (Wildman–Crippen LogP) is 1.45. The standard InChI is InChI=1S/C12H16N2O/c1-13-7-5-11-10(12(13)15)8-9-4-2-3-6-14(9)11/h8H,2-7H2,1H3. The van der Waals surface area contributed by atoms with Gasteiger partial charge in [0.25, 0.3) is 5.91 Å². The molecule has 0 atom stereocenters. The number of nitrogens with zero attached hydrogens (tertiary/aromatic N) is 2. The molecule has 0 fully saturated rings. The second kappa shape index (κ2) is 3.12. The minimum Gasteiger partial charge on any atom is -0.348 e. The Kier molecular flexibility index (Phi) is 1.87. The van der Waals surface area contributed by atoms with Crippen LogP contribution in [0.15, 0.2) is 6.07 Å². The summed E-state index contributed by atoms with van der Waals surface area (Å²) in [7, 11) is 1.89. The summed E-state index contributed by atoms with van der Waals surface area (Å²) in [6.45, 7) is 1.98. The Morgan fingerprint density at radius 2 is 2.07 bits per heavy atom. The van der Waals surface area contributed by atoms with Crippen LogP contribution in [0.5, 0.6) is 0 Å². The maximum absolute atomic E-state index is 11.9. The summed E-state index contributed by atoms with van der Waals surface area (Å²) in [5.74, 6) is 0.207. The molecule has 0 N–H and O–H groups in total. The lowest BCUT2D eigenvalue weighted by Crippen LogP contribution is -2.34. The highest BCUT2D eigenvalue weighted by Crippen LogP contribution is 2.26. The first-order valence-electron chi connectivity index (χ1n) is 5.74. The Morgan fingerprint density at radius 1 is 1.20 bits per heavy atom. The number of hydrogen-bond acceptors (Lipinski definition) is 1. The van der Waals surface area contributed by atoms with E-state index in [0.717, 1.165) is 31.5 Å². The third-order valence-electron chi connectivity index (χ3n) is 3.62. The van der Waals surface area contributed by atoms with Crippen molar-refractivity contribution < 1.29 is 4.79 Å². The van der Waals surface area contributed by atoms with Gasteiger partial charge in [-0.2, -0.15) is 0 Å². The molecule has 1 aromatic rings. The van der Waals surface area contributed by atoms with Crippen molar-refractivity contribution in [1.29, 1.82) is 0 Å². The molecule has 2 aliphatic heterocycles. The Bertz CT molecular complexity index is 420. The number of fused-ring (bicyclic) bond motifs is 3. The molecule has 3 nitrogen and oxygen atoms in total. The summed E-state index contributed by atoms with van der Waals surface area (Å²) in [5.41, 5.74) is 3.61. The van der Waals surface area contributed by atoms with Crippen molar-refractivity contribution in [2.45, 2.75) is 32.2 Å². The molecule has 2 aliphatic rings. The number of aryl methyl sites for hydroxylation is 1. The van der Waals surface area contributed by atoms with E-state index in [1.54, 1.807) is 0 Å². The van der Waals surface area contributed by atoms with Gasteiger partial charge in [0.1, 0.15) is 0 Å². The molecule has 0 bridgehead atoms. The highest BCUT2D eigenvalue weighted by Gasteiger charge is 2.27. The average molecular weight is 204 g/mol. The van der Waals surface area contributed by atoms with Crippen molar-refractivity contribution in [2.24, 2.45) is 0 Å². The molecule has 15 heavy (non-hydrogen) atoms. The first kappa shape index (κ1) is 9.01. The smallest absolute Gasteiger partial charge is 0.255 e. The summed E-state index contributed by atoms with van der Waals surface area (Å²) < 4.78 is 2.38. The number of aromatic nitrogens is 1. The van der Waals surface area contributed by atoms with E-state index in [0.29, 0.717) is 0 Å². The average Bonchev–Trinajstić information content (AvgIpc) is 2.63. The highest BCUT2D eigenvalue weighted by molar-refractivity contribution is 5.96. The number of rotatable bonds is 0. The third kappa shape index (κ3) is 1.22. The lowest BCUT2D eigenvalue weighted by molar-refractivity contribution is 0.0779. The molecule has 1 amide bonds. The van der Waals surface area contributed by atoms with Crippen LogP contribution in [0.2, 0.25) is 0 Å². The molecule has 3 heteroatoms. The van der Waals surface area contributed by atoms with Gasteiger partial charge in [0.2, 0.25) is 0 Å². The van der Waals surface area contributed by atoms with Crippen molar-refractivity contribution in [3.05, 3.63) is 23.0 Å². The van der Waals surface area contributed by atoms with Crippen molar-refractivity contribution in [3.8, 4) is 0 Å². The summed E-state index contributed by atoms with van der Waals surface area (Å²) in [5, 5.41) is 0. The van der Waals surface area contributed by atoms with Gasteiger partial charge in [0.05, 0.1) is 5.56 Å². The minimum atomic E-state index is 0.207. The molecule has 0 aliphatic carbocycles. The van der Waals surface area contributed by atoms with Crippen LogP contribution in [0.3, 0.4) is 0 Å². The number of carbonyl (C=O) groups is 1. The van der Waals surface area contributed by atoms with E-state index in [1.807, 2.05) is 11.9 Å². The second-order valence-electron chi connectivity index (χ2n) is 4.58. The van der Waals surface area contributed by atoms with Crippen LogP contribution in [-0.2, 0) is 19.4 Å². The van der Waals surface area contributed by atoms with Gasteiger partial charge in [-0.25, -0.2) is 0 Å². The molecular formula is C12H16N2O. The second-order valence-corrected chi connectivity index (χ2v) is 4.58. The Hall–Kier alpha value is -1.25. The molecule has 0 aromatic carbocycles. The largest absolute Gasteiger partial charge is 0.348 e. The first-order chi connectivity index (χ1) is 7.27. The van der Waals surface area contributed by atoms with E-state index >= 15 is 0 Å². The van der Waals surface area contributed by atoms with E-state index < -0.39 is 0 Å². The van der Waals surface area contributed by atoms with Crippen LogP contribution in [0.25, 0.3) is 0 Å². The van der Waals surface area contributed by atoms with Gasteiger partial charge in [0, 0.05) is 37.9 Å². The summed E-state index contributed by atoms with van der Waals surface area (Å²) in [4.78, 5) is 13.8. The quantitative estimate of drug-likeness (QED) is 0.628. The molecule has 3 rings (SSSR count). The first-order valence-corrected chi connectivity index (χ1v) is 5.74. The summed E-state index contributed by atoms with van der Waals surface area (Å²) >= 11 is 0. The molecule has 0 radical (unpaired) electrons. The zero-order valence-electron chi connectivity index (χ0n) is 9.12. The van der Waals surface area contributed by atoms with E-state index in [2.05, 4.69) is 10.6 Å². The number of likely N-dealkylation sites (N-methyl/N-ethyl adjacent to an activating group) is 1. The number of amides is 1. The fourth-order valence-corrected chi connectivity index (χ4v) is 2.74. The van der Waals surface area contributed by atoms with E-state index in [9.17, 15) is 4.79 Å². The Balaban J connectivity index is 2.12. The maximum atomic E-state index is 11.9. The van der Waals surface area contributed by atoms with Crippen LogP contribution >= 0.6 is 0 Å². The van der Waals surface area contributed by atoms with Gasteiger partial charge in [0.15, 0.2) is 0 Å². The van der Waals surface area contributed by atoms with Crippen molar-refractivity contribution in [1.82, 2.24) is 9.47 Å². The third-order valence-corrected chi connectivity index (χ3v) is 3.62. The minimum absolute atomic E-state index is 0.207. The van der Waals surface area contributed by atoms with Gasteiger partial charge in [-0.05, 0) is 25.3 Å². The lowest BCUT2D eigenvalue weighted by Gasteiger charge is -2.25. The lowest BCUT2D eigenvalue weighted by atomic mass is 10.1. The van der Waals surface area contributed by atoms with Crippen LogP contribution in [0, 0.1) is 0 Å². The van der Waals surface area contributed by atoms with Crippen molar-refractivity contribution in [2.75, 3.05) is 13.6 Å². The number of carbonyl (C=O) groups excluding carboxylic acids is 1. The molecule has 0 saturated heterocycles.